The average Bonchev–Trinajstić information content (AvgIpc) is 2.70. The van der Waals surface area contributed by atoms with Crippen LogP contribution in [-0.2, 0) is 0 Å². The number of rotatable bonds is 3. The van der Waals surface area contributed by atoms with Crippen molar-refractivity contribution < 1.29 is 0 Å². The quantitative estimate of drug-likeness (QED) is 0.906. The van der Waals surface area contributed by atoms with Crippen LogP contribution in [-0.4, -0.2) is 22.0 Å². The van der Waals surface area contributed by atoms with Crippen molar-refractivity contribution >= 4 is 11.3 Å². The van der Waals surface area contributed by atoms with Gasteiger partial charge in [-0.1, -0.05) is 0 Å². The molecule has 2 aromatic rings. The Balaban J connectivity index is 2.41. The van der Waals surface area contributed by atoms with E-state index in [1.54, 1.807) is 17.5 Å². The van der Waals surface area contributed by atoms with Crippen LogP contribution in [0.2, 0.25) is 0 Å². The SMILES string of the molecule is CNC(C)c1sc(-c2ccnc(C)n2)nc1C. The first-order valence-electron chi connectivity index (χ1n) is 5.56. The molecule has 0 bridgehead atoms. The largest absolute Gasteiger partial charge is 0.312 e. The van der Waals surface area contributed by atoms with Crippen LogP contribution in [0.25, 0.3) is 10.7 Å². The highest BCUT2D eigenvalue weighted by Gasteiger charge is 2.14. The fourth-order valence-corrected chi connectivity index (χ4v) is 2.72. The van der Waals surface area contributed by atoms with Gasteiger partial charge in [0.1, 0.15) is 16.5 Å². The van der Waals surface area contributed by atoms with Crippen molar-refractivity contribution in [2.75, 3.05) is 7.05 Å². The van der Waals surface area contributed by atoms with Crippen molar-refractivity contribution in [2.45, 2.75) is 26.8 Å². The highest BCUT2D eigenvalue weighted by Crippen LogP contribution is 2.30. The summed E-state index contributed by atoms with van der Waals surface area (Å²) < 4.78 is 0. The van der Waals surface area contributed by atoms with Crippen molar-refractivity contribution in [3.8, 4) is 10.7 Å². The molecule has 4 nitrogen and oxygen atoms in total. The molecule has 17 heavy (non-hydrogen) atoms. The molecule has 1 N–H and O–H groups in total. The maximum absolute atomic E-state index is 4.58. The van der Waals surface area contributed by atoms with Gasteiger partial charge >= 0.3 is 0 Å². The van der Waals surface area contributed by atoms with Gasteiger partial charge < -0.3 is 5.32 Å². The molecule has 1 unspecified atom stereocenters. The lowest BCUT2D eigenvalue weighted by Gasteiger charge is -2.06. The first-order valence-corrected chi connectivity index (χ1v) is 6.38. The van der Waals surface area contributed by atoms with E-state index in [1.165, 1.54) is 4.88 Å². The van der Waals surface area contributed by atoms with Gasteiger partial charge in [0.25, 0.3) is 0 Å². The summed E-state index contributed by atoms with van der Waals surface area (Å²) >= 11 is 1.69. The minimum Gasteiger partial charge on any atom is -0.312 e. The molecule has 0 aromatic carbocycles. The third-order valence-corrected chi connectivity index (χ3v) is 4.02. The van der Waals surface area contributed by atoms with E-state index in [4.69, 9.17) is 0 Å². The van der Waals surface area contributed by atoms with E-state index in [0.717, 1.165) is 22.2 Å². The smallest absolute Gasteiger partial charge is 0.142 e. The van der Waals surface area contributed by atoms with Crippen LogP contribution in [0.15, 0.2) is 12.3 Å². The molecule has 2 rings (SSSR count). The second-order valence-corrected chi connectivity index (χ2v) is 5.00. The summed E-state index contributed by atoms with van der Waals surface area (Å²) in [5, 5.41) is 4.20. The Kier molecular flexibility index (Phi) is 3.49. The van der Waals surface area contributed by atoms with E-state index in [9.17, 15) is 0 Å². The number of aryl methyl sites for hydroxylation is 2. The van der Waals surface area contributed by atoms with Gasteiger partial charge in [0.15, 0.2) is 0 Å². The molecule has 0 aliphatic rings. The van der Waals surface area contributed by atoms with Crippen LogP contribution in [0, 0.1) is 13.8 Å². The van der Waals surface area contributed by atoms with Crippen molar-refractivity contribution in [1.82, 2.24) is 20.3 Å². The van der Waals surface area contributed by atoms with Gasteiger partial charge in [0, 0.05) is 17.1 Å². The highest BCUT2D eigenvalue weighted by atomic mass is 32.1. The zero-order chi connectivity index (χ0) is 12.4. The summed E-state index contributed by atoms with van der Waals surface area (Å²) in [6, 6.07) is 2.23. The Hall–Kier alpha value is -1.33. The van der Waals surface area contributed by atoms with E-state index in [-0.39, 0.29) is 0 Å². The van der Waals surface area contributed by atoms with Crippen LogP contribution in [0.5, 0.6) is 0 Å². The van der Waals surface area contributed by atoms with Crippen molar-refractivity contribution in [2.24, 2.45) is 0 Å². The number of nitrogens with zero attached hydrogens (tertiary/aromatic N) is 3. The fourth-order valence-electron chi connectivity index (χ4n) is 1.63. The van der Waals surface area contributed by atoms with E-state index >= 15 is 0 Å². The van der Waals surface area contributed by atoms with Crippen molar-refractivity contribution in [1.29, 1.82) is 0 Å². The van der Waals surface area contributed by atoms with Gasteiger partial charge in [-0.3, -0.25) is 0 Å². The molecular weight excluding hydrogens is 232 g/mol. The lowest BCUT2D eigenvalue weighted by molar-refractivity contribution is 0.658. The molecule has 2 aromatic heterocycles. The second-order valence-electron chi connectivity index (χ2n) is 3.97. The van der Waals surface area contributed by atoms with Crippen molar-refractivity contribution in [3.05, 3.63) is 28.7 Å². The number of hydrogen-bond donors (Lipinski definition) is 1. The molecule has 90 valence electrons. The third kappa shape index (κ3) is 2.50. The van der Waals surface area contributed by atoms with Gasteiger partial charge in [-0.15, -0.1) is 11.3 Å². The molecule has 0 fully saturated rings. The minimum atomic E-state index is 0.323. The molecule has 2 heterocycles. The van der Waals surface area contributed by atoms with Gasteiger partial charge in [-0.25, -0.2) is 15.0 Å². The molecule has 1 atom stereocenters. The number of aromatic nitrogens is 3. The Morgan fingerprint density at radius 3 is 2.71 bits per heavy atom. The van der Waals surface area contributed by atoms with Crippen molar-refractivity contribution in [3.63, 3.8) is 0 Å². The Morgan fingerprint density at radius 2 is 2.06 bits per heavy atom. The molecule has 5 heteroatoms. The number of hydrogen-bond acceptors (Lipinski definition) is 5. The average molecular weight is 248 g/mol. The van der Waals surface area contributed by atoms with E-state index in [2.05, 4.69) is 27.2 Å². The van der Waals surface area contributed by atoms with Crippen LogP contribution < -0.4 is 5.32 Å². The molecule has 0 aliphatic carbocycles. The summed E-state index contributed by atoms with van der Waals surface area (Å²) in [6.07, 6.45) is 1.77. The van der Waals surface area contributed by atoms with Crippen LogP contribution >= 0.6 is 11.3 Å². The Morgan fingerprint density at radius 1 is 1.29 bits per heavy atom. The zero-order valence-corrected chi connectivity index (χ0v) is 11.3. The number of nitrogens with one attached hydrogen (secondary N) is 1. The van der Waals surface area contributed by atoms with E-state index < -0.39 is 0 Å². The summed E-state index contributed by atoms with van der Waals surface area (Å²) in [5.74, 6) is 0.776. The third-order valence-electron chi connectivity index (χ3n) is 2.65. The Bertz CT molecular complexity index is 521. The molecule has 0 radical (unpaired) electrons. The molecule has 0 saturated heterocycles. The predicted octanol–water partition coefficient (Wildman–Crippen LogP) is 2.50. The fraction of sp³-hybridized carbons (Fsp3) is 0.417. The lowest BCUT2D eigenvalue weighted by Crippen LogP contribution is -2.11. The minimum absolute atomic E-state index is 0.323. The molecular formula is C12H16N4S. The predicted molar refractivity (Wildman–Crippen MR) is 70.1 cm³/mol. The summed E-state index contributed by atoms with van der Waals surface area (Å²) in [5.41, 5.74) is 1.98. The van der Waals surface area contributed by atoms with E-state index in [1.807, 2.05) is 27.0 Å². The van der Waals surface area contributed by atoms with Crippen LogP contribution in [0.3, 0.4) is 0 Å². The topological polar surface area (TPSA) is 50.7 Å². The maximum atomic E-state index is 4.58. The molecule has 0 saturated carbocycles. The first-order chi connectivity index (χ1) is 8.11. The maximum Gasteiger partial charge on any atom is 0.142 e. The standard InChI is InChI=1S/C12H16N4S/c1-7(13-4)11-8(2)15-12(17-11)10-5-6-14-9(3)16-10/h5-7,13H,1-4H3. The van der Waals surface area contributed by atoms with Gasteiger partial charge in [0.2, 0.25) is 0 Å². The molecule has 0 aliphatic heterocycles. The second kappa shape index (κ2) is 4.89. The van der Waals surface area contributed by atoms with Gasteiger partial charge in [0.05, 0.1) is 5.69 Å². The van der Waals surface area contributed by atoms with Crippen LogP contribution in [0.4, 0.5) is 0 Å². The number of thiazole rings is 1. The zero-order valence-electron chi connectivity index (χ0n) is 10.5. The molecule has 0 spiro atoms. The highest BCUT2D eigenvalue weighted by molar-refractivity contribution is 7.15. The normalized spacial score (nSPS) is 12.7. The van der Waals surface area contributed by atoms with Crippen LogP contribution in [0.1, 0.15) is 29.4 Å². The lowest BCUT2D eigenvalue weighted by atomic mass is 10.2. The summed E-state index contributed by atoms with van der Waals surface area (Å²) in [7, 11) is 1.96. The Labute approximate surface area is 105 Å². The van der Waals surface area contributed by atoms with Gasteiger partial charge in [-0.2, -0.15) is 0 Å². The molecule has 0 amide bonds. The van der Waals surface area contributed by atoms with Gasteiger partial charge in [-0.05, 0) is 33.9 Å². The summed E-state index contributed by atoms with van der Waals surface area (Å²) in [6.45, 7) is 6.06. The first kappa shape index (κ1) is 12.1. The van der Waals surface area contributed by atoms with E-state index in [0.29, 0.717) is 6.04 Å². The monoisotopic (exact) mass is 248 g/mol. The summed E-state index contributed by atoms with van der Waals surface area (Å²) in [4.78, 5) is 14.3.